The van der Waals surface area contributed by atoms with Gasteiger partial charge in [0.1, 0.15) is 0 Å². The lowest BCUT2D eigenvalue weighted by Crippen LogP contribution is -2.16. The summed E-state index contributed by atoms with van der Waals surface area (Å²) < 4.78 is 0. The van der Waals surface area contributed by atoms with Gasteiger partial charge in [0, 0.05) is 5.57 Å². The number of unbranched alkanes of at least 4 members (excludes halogenated alkanes) is 1. The monoisotopic (exact) mass is 198 g/mol. The lowest BCUT2D eigenvalue weighted by Gasteiger charge is -2.27. The molecule has 0 radical (unpaired) electrons. The van der Waals surface area contributed by atoms with E-state index in [2.05, 4.69) is 20.8 Å². The fourth-order valence-electron chi connectivity index (χ4n) is 1.47. The summed E-state index contributed by atoms with van der Waals surface area (Å²) in [4.78, 5) is 10.8. The maximum Gasteiger partial charge on any atom is 0.331 e. The minimum atomic E-state index is -0.799. The zero-order valence-corrected chi connectivity index (χ0v) is 9.98. The summed E-state index contributed by atoms with van der Waals surface area (Å²) in [5.74, 6) is -0.799. The Morgan fingerprint density at radius 2 is 1.79 bits per heavy atom. The maximum atomic E-state index is 10.8. The normalized spacial score (nSPS) is 13.8. The third-order valence-electron chi connectivity index (χ3n) is 3.05. The zero-order chi connectivity index (χ0) is 11.4. The summed E-state index contributed by atoms with van der Waals surface area (Å²) in [5, 5.41) is 8.88. The third-order valence-corrected chi connectivity index (χ3v) is 3.05. The molecule has 0 heterocycles. The van der Waals surface area contributed by atoms with Crippen molar-refractivity contribution in [1.29, 1.82) is 0 Å². The van der Waals surface area contributed by atoms with Gasteiger partial charge in [0.05, 0.1) is 0 Å². The first-order valence-electron chi connectivity index (χ1n) is 5.24. The van der Waals surface area contributed by atoms with Crippen LogP contribution in [0.1, 0.15) is 53.9 Å². The van der Waals surface area contributed by atoms with E-state index in [0.29, 0.717) is 5.57 Å². The average Bonchev–Trinajstić information content (AvgIpc) is 2.12. The minimum Gasteiger partial charge on any atom is -0.478 e. The van der Waals surface area contributed by atoms with Gasteiger partial charge in [0.15, 0.2) is 0 Å². The lowest BCUT2D eigenvalue weighted by molar-refractivity contribution is -0.132. The first-order chi connectivity index (χ1) is 6.33. The van der Waals surface area contributed by atoms with Crippen LogP contribution < -0.4 is 0 Å². The van der Waals surface area contributed by atoms with Crippen molar-refractivity contribution in [3.8, 4) is 0 Å². The molecule has 82 valence electrons. The molecular formula is C12H22O2. The number of carboxylic acid groups (broad SMARTS) is 1. The largest absolute Gasteiger partial charge is 0.478 e. The molecule has 0 aromatic carbocycles. The van der Waals surface area contributed by atoms with Gasteiger partial charge in [-0.25, -0.2) is 4.79 Å². The zero-order valence-electron chi connectivity index (χ0n) is 9.98. The van der Waals surface area contributed by atoms with Gasteiger partial charge in [-0.15, -0.1) is 0 Å². The highest BCUT2D eigenvalue weighted by Gasteiger charge is 2.22. The van der Waals surface area contributed by atoms with Crippen LogP contribution in [-0.2, 0) is 4.79 Å². The number of carboxylic acids is 1. The Hall–Kier alpha value is -0.790. The Kier molecular flexibility index (Phi) is 4.89. The molecule has 0 unspecified atom stereocenters. The molecule has 14 heavy (non-hydrogen) atoms. The van der Waals surface area contributed by atoms with Gasteiger partial charge >= 0.3 is 5.97 Å². The number of allylic oxidation sites excluding steroid dienone is 1. The molecule has 0 fully saturated rings. The first-order valence-corrected chi connectivity index (χ1v) is 5.24. The summed E-state index contributed by atoms with van der Waals surface area (Å²) in [6.07, 6.45) is 3.36. The second kappa shape index (κ2) is 5.18. The molecule has 0 saturated heterocycles. The van der Waals surface area contributed by atoms with E-state index in [1.807, 2.05) is 6.92 Å². The summed E-state index contributed by atoms with van der Waals surface area (Å²) in [7, 11) is 0. The number of hydrogen-bond acceptors (Lipinski definition) is 1. The maximum absolute atomic E-state index is 10.8. The van der Waals surface area contributed by atoms with Crippen molar-refractivity contribution >= 4 is 5.97 Å². The van der Waals surface area contributed by atoms with Crippen LogP contribution >= 0.6 is 0 Å². The Morgan fingerprint density at radius 1 is 1.29 bits per heavy atom. The van der Waals surface area contributed by atoms with Crippen LogP contribution in [0.2, 0.25) is 0 Å². The van der Waals surface area contributed by atoms with Crippen molar-refractivity contribution in [1.82, 2.24) is 0 Å². The van der Waals surface area contributed by atoms with Crippen LogP contribution in [0.25, 0.3) is 0 Å². The van der Waals surface area contributed by atoms with Crippen LogP contribution in [0.15, 0.2) is 11.1 Å². The predicted octanol–water partition coefficient (Wildman–Crippen LogP) is 3.62. The SMILES string of the molecule is CCCCC(C)(C)C(C)=C(C)C(=O)O. The second-order valence-corrected chi connectivity index (χ2v) is 4.54. The summed E-state index contributed by atoms with van der Waals surface area (Å²) in [5.41, 5.74) is 1.50. The van der Waals surface area contributed by atoms with E-state index in [0.717, 1.165) is 24.8 Å². The van der Waals surface area contributed by atoms with Gasteiger partial charge in [-0.2, -0.15) is 0 Å². The number of hydrogen-bond donors (Lipinski definition) is 1. The molecule has 2 nitrogen and oxygen atoms in total. The van der Waals surface area contributed by atoms with Crippen molar-refractivity contribution in [3.05, 3.63) is 11.1 Å². The number of aliphatic carboxylic acids is 1. The summed E-state index contributed by atoms with van der Waals surface area (Å²) >= 11 is 0. The Bertz CT molecular complexity index is 237. The summed E-state index contributed by atoms with van der Waals surface area (Å²) in [6, 6.07) is 0. The minimum absolute atomic E-state index is 0.0124. The topological polar surface area (TPSA) is 37.3 Å². The highest BCUT2D eigenvalue weighted by Crippen LogP contribution is 2.33. The molecule has 0 aromatic rings. The van der Waals surface area contributed by atoms with E-state index in [1.165, 1.54) is 0 Å². The van der Waals surface area contributed by atoms with Crippen LogP contribution in [-0.4, -0.2) is 11.1 Å². The molecule has 0 bridgehead atoms. The molecule has 0 amide bonds. The molecule has 0 aliphatic carbocycles. The molecule has 0 aliphatic heterocycles. The standard InChI is InChI=1S/C12H22O2/c1-6-7-8-12(4,5)10(3)9(2)11(13)14/h6-8H2,1-5H3,(H,13,14). The Morgan fingerprint density at radius 3 is 2.14 bits per heavy atom. The molecule has 0 atom stereocenters. The van der Waals surface area contributed by atoms with Gasteiger partial charge in [-0.1, -0.05) is 39.2 Å². The highest BCUT2D eigenvalue weighted by atomic mass is 16.4. The van der Waals surface area contributed by atoms with Crippen molar-refractivity contribution < 1.29 is 9.90 Å². The van der Waals surface area contributed by atoms with Crippen molar-refractivity contribution in [2.45, 2.75) is 53.9 Å². The van der Waals surface area contributed by atoms with Gasteiger partial charge < -0.3 is 5.11 Å². The molecule has 0 saturated carbocycles. The van der Waals surface area contributed by atoms with E-state index >= 15 is 0 Å². The van der Waals surface area contributed by atoms with Gasteiger partial charge in [-0.05, 0) is 25.7 Å². The Labute approximate surface area is 87.0 Å². The first kappa shape index (κ1) is 13.2. The Balaban J connectivity index is 4.71. The highest BCUT2D eigenvalue weighted by molar-refractivity contribution is 5.86. The average molecular weight is 198 g/mol. The smallest absolute Gasteiger partial charge is 0.331 e. The molecule has 0 spiro atoms. The van der Waals surface area contributed by atoms with Crippen LogP contribution in [0.5, 0.6) is 0 Å². The van der Waals surface area contributed by atoms with Gasteiger partial charge in [0.25, 0.3) is 0 Å². The molecule has 0 rings (SSSR count). The van der Waals surface area contributed by atoms with Crippen LogP contribution in [0.3, 0.4) is 0 Å². The van der Waals surface area contributed by atoms with Gasteiger partial charge in [0.2, 0.25) is 0 Å². The number of rotatable bonds is 5. The van der Waals surface area contributed by atoms with E-state index in [4.69, 9.17) is 5.11 Å². The third kappa shape index (κ3) is 3.52. The van der Waals surface area contributed by atoms with Crippen LogP contribution in [0, 0.1) is 5.41 Å². The lowest BCUT2D eigenvalue weighted by atomic mass is 9.78. The quantitative estimate of drug-likeness (QED) is 0.685. The van der Waals surface area contributed by atoms with E-state index < -0.39 is 5.97 Å². The molecular weight excluding hydrogens is 176 g/mol. The van der Waals surface area contributed by atoms with Crippen LogP contribution in [0.4, 0.5) is 0 Å². The summed E-state index contributed by atoms with van der Waals surface area (Å²) in [6.45, 7) is 10.00. The van der Waals surface area contributed by atoms with Crippen molar-refractivity contribution in [2.75, 3.05) is 0 Å². The molecule has 0 aromatic heterocycles. The molecule has 1 N–H and O–H groups in total. The second-order valence-electron chi connectivity index (χ2n) is 4.54. The van der Waals surface area contributed by atoms with Crippen molar-refractivity contribution in [3.63, 3.8) is 0 Å². The molecule has 2 heteroatoms. The van der Waals surface area contributed by atoms with Gasteiger partial charge in [-0.3, -0.25) is 0 Å². The fraction of sp³-hybridized carbons (Fsp3) is 0.750. The molecule has 0 aliphatic rings. The van der Waals surface area contributed by atoms with E-state index in [1.54, 1.807) is 6.92 Å². The number of carbonyl (C=O) groups is 1. The fourth-order valence-corrected chi connectivity index (χ4v) is 1.47. The van der Waals surface area contributed by atoms with Crippen molar-refractivity contribution in [2.24, 2.45) is 5.41 Å². The predicted molar refractivity (Wildman–Crippen MR) is 59.3 cm³/mol. The van der Waals surface area contributed by atoms with E-state index in [-0.39, 0.29) is 5.41 Å². The van der Waals surface area contributed by atoms with E-state index in [9.17, 15) is 4.79 Å².